The number of halogens is 1. The van der Waals surface area contributed by atoms with E-state index < -0.39 is 37.7 Å². The molecule has 0 saturated carbocycles. The van der Waals surface area contributed by atoms with Gasteiger partial charge in [-0.2, -0.15) is 4.31 Å². The lowest BCUT2D eigenvalue weighted by atomic mass is 10.1. The molecular weight excluding hydrogens is 544 g/mol. The van der Waals surface area contributed by atoms with E-state index in [0.29, 0.717) is 24.2 Å². The second kappa shape index (κ2) is 10.8. The Morgan fingerprint density at radius 2 is 1.79 bits per heavy atom. The van der Waals surface area contributed by atoms with Crippen molar-refractivity contribution in [1.29, 1.82) is 0 Å². The number of benzene rings is 2. The molecule has 34 heavy (non-hydrogen) atoms. The third-order valence-corrected chi connectivity index (χ3v) is 8.54. The van der Waals surface area contributed by atoms with Crippen LogP contribution < -0.4 is 10.0 Å². The number of hydrogen-bond donors (Lipinski definition) is 1. The minimum absolute atomic E-state index is 0.000918. The van der Waals surface area contributed by atoms with Crippen LogP contribution in [-0.2, 0) is 37.8 Å². The van der Waals surface area contributed by atoms with Gasteiger partial charge in [0.15, 0.2) is 0 Å². The van der Waals surface area contributed by atoms with Crippen molar-refractivity contribution in [2.24, 2.45) is 5.14 Å². The number of amides is 1. The average molecular weight is 574 g/mol. The Labute approximate surface area is 209 Å². The summed E-state index contributed by atoms with van der Waals surface area (Å²) in [7, 11) is -4.17. The molecule has 1 aliphatic heterocycles. The SMILES string of the molecule is CN(C)CCS(=O)(=O)N1Cc2cc(Br)ccc2N(C(=O)CS(N)(=O)=O)C[C@H]1Cc1ccccc1. The van der Waals surface area contributed by atoms with Gasteiger partial charge in [-0.1, -0.05) is 46.3 Å². The normalized spacial score (nSPS) is 17.4. The van der Waals surface area contributed by atoms with Gasteiger partial charge in [-0.3, -0.25) is 4.79 Å². The van der Waals surface area contributed by atoms with Crippen LogP contribution in [0.25, 0.3) is 0 Å². The van der Waals surface area contributed by atoms with E-state index >= 15 is 0 Å². The van der Waals surface area contributed by atoms with Crippen LogP contribution >= 0.6 is 15.9 Å². The van der Waals surface area contributed by atoms with Crippen LogP contribution in [0.15, 0.2) is 53.0 Å². The van der Waals surface area contributed by atoms with Gasteiger partial charge in [0.25, 0.3) is 0 Å². The van der Waals surface area contributed by atoms with Gasteiger partial charge in [0.1, 0.15) is 5.75 Å². The highest BCUT2D eigenvalue weighted by Gasteiger charge is 2.37. The molecule has 0 aromatic heterocycles. The largest absolute Gasteiger partial charge is 0.310 e. The third-order valence-electron chi connectivity index (χ3n) is 5.55. The number of fused-ring (bicyclic) bond motifs is 1. The summed E-state index contributed by atoms with van der Waals surface area (Å²) in [6.07, 6.45) is 0.357. The standard InChI is InChI=1S/C22H29BrN4O5S2/c1-25(2)10-11-34(31,32)27-14-18-13-19(23)8-9-21(18)26(22(28)16-33(24,29)30)15-20(27)12-17-6-4-3-5-7-17/h3-9,13,20H,10-12,14-16H2,1-2H3,(H2,24,29,30)/t20-/m1/s1. The van der Waals surface area contributed by atoms with Crippen molar-refractivity contribution >= 4 is 47.6 Å². The van der Waals surface area contributed by atoms with Crippen LogP contribution in [0.1, 0.15) is 11.1 Å². The maximum atomic E-state index is 13.5. The van der Waals surface area contributed by atoms with E-state index in [2.05, 4.69) is 15.9 Å². The summed E-state index contributed by atoms with van der Waals surface area (Å²) in [5.41, 5.74) is 1.98. The number of carbonyl (C=O) groups excluding carboxylic acids is 1. The van der Waals surface area contributed by atoms with Gasteiger partial charge >= 0.3 is 0 Å². The van der Waals surface area contributed by atoms with Crippen molar-refractivity contribution in [2.45, 2.75) is 19.0 Å². The van der Waals surface area contributed by atoms with Crippen molar-refractivity contribution in [3.63, 3.8) is 0 Å². The van der Waals surface area contributed by atoms with E-state index in [0.717, 1.165) is 10.0 Å². The number of hydrogen-bond acceptors (Lipinski definition) is 6. The molecule has 2 aromatic carbocycles. The maximum Gasteiger partial charge on any atom is 0.243 e. The molecule has 1 heterocycles. The van der Waals surface area contributed by atoms with Crippen LogP contribution in [0.2, 0.25) is 0 Å². The predicted molar refractivity (Wildman–Crippen MR) is 136 cm³/mol. The fourth-order valence-electron chi connectivity index (χ4n) is 3.92. The minimum atomic E-state index is -4.07. The second-order valence-corrected chi connectivity index (χ2v) is 13.2. The van der Waals surface area contributed by atoms with E-state index in [4.69, 9.17) is 5.14 Å². The van der Waals surface area contributed by atoms with Crippen LogP contribution in [0.4, 0.5) is 5.69 Å². The van der Waals surface area contributed by atoms with Crippen LogP contribution in [0.3, 0.4) is 0 Å². The van der Waals surface area contributed by atoms with Gasteiger partial charge in [-0.15, -0.1) is 0 Å². The summed E-state index contributed by atoms with van der Waals surface area (Å²) < 4.78 is 52.6. The summed E-state index contributed by atoms with van der Waals surface area (Å²) in [5.74, 6) is -1.65. The quantitative estimate of drug-likeness (QED) is 0.510. The lowest BCUT2D eigenvalue weighted by Crippen LogP contribution is -2.49. The molecule has 0 aliphatic carbocycles. The fraction of sp³-hybridized carbons (Fsp3) is 0.409. The summed E-state index contributed by atoms with van der Waals surface area (Å²) in [6.45, 7) is 0.399. The van der Waals surface area contributed by atoms with Crippen molar-refractivity contribution in [3.8, 4) is 0 Å². The summed E-state index contributed by atoms with van der Waals surface area (Å²) in [6, 6.07) is 14.0. The molecule has 1 amide bonds. The lowest BCUT2D eigenvalue weighted by Gasteiger charge is -2.31. The summed E-state index contributed by atoms with van der Waals surface area (Å²) in [4.78, 5) is 16.2. The molecule has 0 bridgehead atoms. The van der Waals surface area contributed by atoms with E-state index in [-0.39, 0.29) is 18.8 Å². The Kier molecular flexibility index (Phi) is 8.53. The third kappa shape index (κ3) is 7.09. The lowest BCUT2D eigenvalue weighted by molar-refractivity contribution is -0.116. The molecule has 186 valence electrons. The topological polar surface area (TPSA) is 121 Å². The number of nitrogens with two attached hydrogens (primary N) is 1. The van der Waals surface area contributed by atoms with Gasteiger partial charge in [0.2, 0.25) is 26.0 Å². The first kappa shape index (κ1) is 26.8. The summed E-state index contributed by atoms with van der Waals surface area (Å²) in [5, 5.41) is 5.16. The average Bonchev–Trinajstić information content (AvgIpc) is 2.89. The van der Waals surface area contributed by atoms with Crippen LogP contribution in [0.5, 0.6) is 0 Å². The molecule has 2 aromatic rings. The van der Waals surface area contributed by atoms with Crippen molar-refractivity contribution in [1.82, 2.24) is 9.21 Å². The zero-order chi connectivity index (χ0) is 25.1. The Morgan fingerprint density at radius 1 is 1.12 bits per heavy atom. The highest BCUT2D eigenvalue weighted by Crippen LogP contribution is 2.32. The van der Waals surface area contributed by atoms with E-state index in [9.17, 15) is 21.6 Å². The molecule has 1 aliphatic rings. The Bertz CT molecular complexity index is 1240. The first-order chi connectivity index (χ1) is 15.9. The van der Waals surface area contributed by atoms with E-state index in [1.165, 1.54) is 9.21 Å². The molecule has 0 fully saturated rings. The Balaban J connectivity index is 2.10. The molecule has 3 rings (SSSR count). The zero-order valence-electron chi connectivity index (χ0n) is 19.1. The molecule has 9 nitrogen and oxygen atoms in total. The van der Waals surface area contributed by atoms with E-state index in [1.807, 2.05) is 30.3 Å². The predicted octanol–water partition coefficient (Wildman–Crippen LogP) is 1.39. The molecule has 2 N–H and O–H groups in total. The molecule has 0 saturated heterocycles. The highest BCUT2D eigenvalue weighted by atomic mass is 79.9. The summed E-state index contributed by atoms with van der Waals surface area (Å²) >= 11 is 3.42. The van der Waals surface area contributed by atoms with Crippen molar-refractivity contribution < 1.29 is 21.6 Å². The van der Waals surface area contributed by atoms with Gasteiger partial charge in [-0.25, -0.2) is 22.0 Å². The number of carbonyl (C=O) groups is 1. The van der Waals surface area contributed by atoms with Gasteiger partial charge in [-0.05, 0) is 49.8 Å². The number of sulfonamides is 2. The van der Waals surface area contributed by atoms with Gasteiger partial charge in [0.05, 0.1) is 5.75 Å². The number of rotatable bonds is 8. The highest BCUT2D eigenvalue weighted by molar-refractivity contribution is 9.10. The smallest absolute Gasteiger partial charge is 0.243 e. The Hall–Kier alpha value is -1.83. The number of nitrogens with zero attached hydrogens (tertiary/aromatic N) is 3. The minimum Gasteiger partial charge on any atom is -0.310 e. The van der Waals surface area contributed by atoms with Gasteiger partial charge in [0, 0.05) is 35.8 Å². The molecular formula is C22H29BrN4O5S2. The molecule has 0 spiro atoms. The first-order valence-electron chi connectivity index (χ1n) is 10.6. The first-order valence-corrected chi connectivity index (χ1v) is 14.7. The maximum absolute atomic E-state index is 13.5. The second-order valence-electron chi connectivity index (χ2n) is 8.59. The zero-order valence-corrected chi connectivity index (χ0v) is 22.3. The molecule has 0 unspecified atom stereocenters. The van der Waals surface area contributed by atoms with Crippen LogP contribution in [-0.4, -0.2) is 76.7 Å². The molecule has 1 atom stereocenters. The van der Waals surface area contributed by atoms with Crippen LogP contribution in [0, 0.1) is 0 Å². The number of primary sulfonamides is 1. The number of anilines is 1. The van der Waals surface area contributed by atoms with Gasteiger partial charge < -0.3 is 9.80 Å². The fourth-order valence-corrected chi connectivity index (χ4v) is 6.59. The Morgan fingerprint density at radius 3 is 2.41 bits per heavy atom. The van der Waals surface area contributed by atoms with Crippen molar-refractivity contribution in [2.75, 3.05) is 43.6 Å². The molecule has 0 radical (unpaired) electrons. The van der Waals surface area contributed by atoms with Crippen molar-refractivity contribution in [3.05, 3.63) is 64.1 Å². The monoisotopic (exact) mass is 572 g/mol. The van der Waals surface area contributed by atoms with E-state index in [1.54, 1.807) is 37.2 Å². The molecule has 12 heteroatoms.